The van der Waals surface area contributed by atoms with Crippen LogP contribution in [0.2, 0.25) is 0 Å². The smallest absolute Gasteiger partial charge is 0.340 e. The van der Waals surface area contributed by atoms with E-state index in [-0.39, 0.29) is 11.4 Å². The molecule has 2 aliphatic carbocycles. The first-order valence-corrected chi connectivity index (χ1v) is 9.22. The van der Waals surface area contributed by atoms with Gasteiger partial charge in [0.15, 0.2) is 0 Å². The molecule has 1 atom stereocenters. The lowest BCUT2D eigenvalue weighted by Gasteiger charge is -2.36. The molecule has 0 radical (unpaired) electrons. The Labute approximate surface area is 144 Å². The van der Waals surface area contributed by atoms with Gasteiger partial charge in [0.1, 0.15) is 0 Å². The number of ether oxygens (including phenoxy) is 1. The van der Waals surface area contributed by atoms with Crippen LogP contribution in [-0.4, -0.2) is 22.7 Å². The van der Waals surface area contributed by atoms with Crippen LogP contribution in [0.5, 0.6) is 0 Å². The molecule has 4 heteroatoms. The summed E-state index contributed by atoms with van der Waals surface area (Å²) in [7, 11) is 0. The van der Waals surface area contributed by atoms with Gasteiger partial charge in [-0.25, -0.2) is 4.79 Å². The second kappa shape index (κ2) is 6.47. The van der Waals surface area contributed by atoms with Gasteiger partial charge in [0.2, 0.25) is 0 Å². The third kappa shape index (κ3) is 3.08. The maximum absolute atomic E-state index is 12.6. The normalized spacial score (nSPS) is 23.1. The molecule has 1 aromatic rings. The Hall–Kier alpha value is -1.42. The van der Waals surface area contributed by atoms with Crippen LogP contribution < -0.4 is 0 Å². The van der Waals surface area contributed by atoms with E-state index in [1.807, 2.05) is 13.8 Å². The molecule has 0 saturated heterocycles. The molecule has 1 fully saturated rings. The number of aliphatic hydroxyl groups is 1. The van der Waals surface area contributed by atoms with E-state index >= 15 is 0 Å². The number of fused-ring (bicyclic) bond motifs is 1. The fourth-order valence-corrected chi connectivity index (χ4v) is 4.49. The number of nitrogens with zero attached hydrogens (tertiary/aromatic N) is 1. The predicted molar refractivity (Wildman–Crippen MR) is 93.2 cm³/mol. The van der Waals surface area contributed by atoms with Gasteiger partial charge in [-0.3, -0.25) is 4.98 Å². The summed E-state index contributed by atoms with van der Waals surface area (Å²) >= 11 is 0. The van der Waals surface area contributed by atoms with Crippen molar-refractivity contribution in [3.05, 3.63) is 28.1 Å². The highest BCUT2D eigenvalue weighted by Crippen LogP contribution is 2.44. The van der Waals surface area contributed by atoms with E-state index in [1.165, 1.54) is 12.8 Å². The minimum absolute atomic E-state index is 0.0320. The Balaban J connectivity index is 2.16. The van der Waals surface area contributed by atoms with Crippen LogP contribution in [0, 0.1) is 12.3 Å². The number of pyridine rings is 1. The van der Waals surface area contributed by atoms with Crippen LogP contribution in [0.25, 0.3) is 0 Å². The SMILES string of the molecule is CCOC(=O)c1c(C2CCCC2)nc2c(c1C)C(O)CC(C)(C)C2. The Kier molecular flexibility index (Phi) is 4.69. The van der Waals surface area contributed by atoms with Crippen LogP contribution in [0.15, 0.2) is 0 Å². The number of hydrogen-bond donors (Lipinski definition) is 1. The second-order valence-corrected chi connectivity index (χ2v) is 8.12. The first kappa shape index (κ1) is 17.4. The first-order valence-electron chi connectivity index (χ1n) is 9.22. The van der Waals surface area contributed by atoms with Crippen LogP contribution in [0.1, 0.15) is 97.8 Å². The zero-order valence-corrected chi connectivity index (χ0v) is 15.3. The Morgan fingerprint density at radius 1 is 1.33 bits per heavy atom. The molecule has 0 bridgehead atoms. The highest BCUT2D eigenvalue weighted by molar-refractivity contribution is 5.93. The molecule has 3 rings (SSSR count). The van der Waals surface area contributed by atoms with Crippen molar-refractivity contribution in [2.45, 2.75) is 78.2 Å². The standard InChI is InChI=1S/C20H29NO3/c1-5-24-19(23)17-12(2)16-14(10-20(3,4)11-15(16)22)21-18(17)13-8-6-7-9-13/h13,15,22H,5-11H2,1-4H3. The molecular weight excluding hydrogens is 302 g/mol. The first-order chi connectivity index (χ1) is 11.3. The van der Waals surface area contributed by atoms with Crippen molar-refractivity contribution in [3.63, 3.8) is 0 Å². The molecule has 0 spiro atoms. The Morgan fingerprint density at radius 3 is 2.62 bits per heavy atom. The number of rotatable bonds is 3. The highest BCUT2D eigenvalue weighted by Gasteiger charge is 2.37. The van der Waals surface area contributed by atoms with Gasteiger partial charge in [-0.1, -0.05) is 26.7 Å². The molecule has 1 heterocycles. The number of aromatic nitrogens is 1. The number of hydrogen-bond acceptors (Lipinski definition) is 4. The molecule has 132 valence electrons. The molecule has 0 aromatic carbocycles. The van der Waals surface area contributed by atoms with E-state index in [2.05, 4.69) is 13.8 Å². The Morgan fingerprint density at radius 2 is 2.00 bits per heavy atom. The van der Waals surface area contributed by atoms with Crippen molar-refractivity contribution in [1.29, 1.82) is 0 Å². The van der Waals surface area contributed by atoms with Crippen LogP contribution >= 0.6 is 0 Å². The molecule has 1 unspecified atom stereocenters. The fourth-order valence-electron chi connectivity index (χ4n) is 4.49. The van der Waals surface area contributed by atoms with Gasteiger partial charge in [0.25, 0.3) is 0 Å². The lowest BCUT2D eigenvalue weighted by Crippen LogP contribution is -2.29. The summed E-state index contributed by atoms with van der Waals surface area (Å²) in [4.78, 5) is 17.6. The van der Waals surface area contributed by atoms with E-state index in [9.17, 15) is 9.90 Å². The number of carbonyl (C=O) groups is 1. The van der Waals surface area contributed by atoms with E-state index in [0.717, 1.165) is 41.8 Å². The van der Waals surface area contributed by atoms with E-state index in [0.29, 0.717) is 24.5 Å². The molecule has 1 N–H and O–H groups in total. The topological polar surface area (TPSA) is 59.4 Å². The summed E-state index contributed by atoms with van der Waals surface area (Å²) < 4.78 is 5.32. The number of carbonyl (C=O) groups excluding carboxylic acids is 1. The molecule has 1 saturated carbocycles. The minimum atomic E-state index is -0.554. The van der Waals surface area contributed by atoms with E-state index < -0.39 is 6.10 Å². The summed E-state index contributed by atoms with van der Waals surface area (Å²) in [6.45, 7) is 8.48. The van der Waals surface area contributed by atoms with Gasteiger partial charge in [-0.2, -0.15) is 0 Å². The summed E-state index contributed by atoms with van der Waals surface area (Å²) in [6.07, 6.45) is 5.56. The van der Waals surface area contributed by atoms with Crippen LogP contribution in [-0.2, 0) is 11.2 Å². The number of esters is 1. The molecular formula is C20H29NO3. The average molecular weight is 331 g/mol. The van der Waals surface area contributed by atoms with Crippen molar-refractivity contribution in [1.82, 2.24) is 4.98 Å². The van der Waals surface area contributed by atoms with Gasteiger partial charge in [0.05, 0.1) is 24.0 Å². The zero-order chi connectivity index (χ0) is 17.5. The summed E-state index contributed by atoms with van der Waals surface area (Å²) in [5.74, 6) is 0.0554. The number of aliphatic hydroxyl groups excluding tert-OH is 1. The summed E-state index contributed by atoms with van der Waals surface area (Å²) in [5.41, 5.74) is 4.27. The van der Waals surface area contributed by atoms with Crippen molar-refractivity contribution in [2.75, 3.05) is 6.61 Å². The predicted octanol–water partition coefficient (Wildman–Crippen LogP) is 4.23. The largest absolute Gasteiger partial charge is 0.462 e. The fraction of sp³-hybridized carbons (Fsp3) is 0.700. The Bertz CT molecular complexity index is 645. The quantitative estimate of drug-likeness (QED) is 0.842. The summed E-state index contributed by atoms with van der Waals surface area (Å²) in [6, 6.07) is 0. The second-order valence-electron chi connectivity index (χ2n) is 8.12. The molecule has 4 nitrogen and oxygen atoms in total. The molecule has 2 aliphatic rings. The molecule has 0 amide bonds. The zero-order valence-electron chi connectivity index (χ0n) is 15.3. The lowest BCUT2D eigenvalue weighted by atomic mass is 9.73. The van der Waals surface area contributed by atoms with Gasteiger partial charge >= 0.3 is 5.97 Å². The third-order valence-electron chi connectivity index (χ3n) is 5.55. The van der Waals surface area contributed by atoms with E-state index in [1.54, 1.807) is 0 Å². The van der Waals surface area contributed by atoms with Gasteiger partial charge < -0.3 is 9.84 Å². The lowest BCUT2D eigenvalue weighted by molar-refractivity contribution is 0.0521. The van der Waals surface area contributed by atoms with Crippen LogP contribution in [0.4, 0.5) is 0 Å². The van der Waals surface area contributed by atoms with Gasteiger partial charge in [-0.05, 0) is 50.5 Å². The van der Waals surface area contributed by atoms with Crippen molar-refractivity contribution in [3.8, 4) is 0 Å². The van der Waals surface area contributed by atoms with Crippen molar-refractivity contribution < 1.29 is 14.6 Å². The monoisotopic (exact) mass is 331 g/mol. The minimum Gasteiger partial charge on any atom is -0.462 e. The van der Waals surface area contributed by atoms with Gasteiger partial charge in [0, 0.05) is 17.2 Å². The molecule has 1 aromatic heterocycles. The van der Waals surface area contributed by atoms with Gasteiger partial charge in [-0.15, -0.1) is 0 Å². The molecule has 24 heavy (non-hydrogen) atoms. The summed E-state index contributed by atoms with van der Waals surface area (Å²) in [5, 5.41) is 10.7. The molecule has 0 aliphatic heterocycles. The van der Waals surface area contributed by atoms with Crippen molar-refractivity contribution in [2.24, 2.45) is 5.41 Å². The maximum atomic E-state index is 12.6. The van der Waals surface area contributed by atoms with E-state index in [4.69, 9.17) is 9.72 Å². The third-order valence-corrected chi connectivity index (χ3v) is 5.55. The van der Waals surface area contributed by atoms with Crippen LogP contribution in [0.3, 0.4) is 0 Å². The average Bonchev–Trinajstić information content (AvgIpc) is 2.98. The van der Waals surface area contributed by atoms with Crippen molar-refractivity contribution >= 4 is 5.97 Å². The maximum Gasteiger partial charge on any atom is 0.340 e. The highest BCUT2D eigenvalue weighted by atomic mass is 16.5.